The maximum Gasteiger partial charge on any atom is 0.337 e. The summed E-state index contributed by atoms with van der Waals surface area (Å²) >= 11 is 0. The topological polar surface area (TPSA) is 202 Å². The van der Waals surface area contributed by atoms with E-state index in [9.17, 15) is 40.2 Å². The molecular formula is C25H32O13. The predicted molar refractivity (Wildman–Crippen MR) is 126 cm³/mol. The Morgan fingerprint density at radius 3 is 2.45 bits per heavy atom. The van der Waals surface area contributed by atoms with Crippen molar-refractivity contribution in [2.24, 2.45) is 5.92 Å². The molecule has 0 radical (unpaired) electrons. The first-order valence-electron chi connectivity index (χ1n) is 11.8. The third kappa shape index (κ3) is 6.62. The maximum atomic E-state index is 12.7. The number of aliphatic hydroxyl groups excluding tert-OH is 4. The van der Waals surface area contributed by atoms with Crippen LogP contribution in [0.4, 0.5) is 0 Å². The van der Waals surface area contributed by atoms with Crippen molar-refractivity contribution in [2.45, 2.75) is 56.8 Å². The zero-order valence-corrected chi connectivity index (χ0v) is 20.8. The third-order valence-electron chi connectivity index (χ3n) is 6.29. The van der Waals surface area contributed by atoms with Crippen molar-refractivity contribution in [3.8, 4) is 11.5 Å². The van der Waals surface area contributed by atoms with E-state index in [1.54, 1.807) is 19.1 Å². The fraction of sp³-hybridized carbons (Fsp3) is 0.520. The highest BCUT2D eigenvalue weighted by molar-refractivity contribution is 5.90. The highest BCUT2D eigenvalue weighted by Gasteiger charge is 2.46. The van der Waals surface area contributed by atoms with Crippen molar-refractivity contribution in [1.82, 2.24) is 0 Å². The summed E-state index contributed by atoms with van der Waals surface area (Å²) in [6, 6.07) is 4.23. The van der Waals surface area contributed by atoms with Crippen LogP contribution in [0, 0.1) is 5.92 Å². The van der Waals surface area contributed by atoms with E-state index in [1.807, 2.05) is 0 Å². The minimum Gasteiger partial charge on any atom is -0.504 e. The van der Waals surface area contributed by atoms with Gasteiger partial charge < -0.3 is 54.3 Å². The minimum atomic E-state index is -1.69. The summed E-state index contributed by atoms with van der Waals surface area (Å²) in [6.45, 7) is 0.912. The quantitative estimate of drug-likeness (QED) is 0.131. The lowest BCUT2D eigenvalue weighted by molar-refractivity contribution is -0.327. The molecule has 1 aromatic carbocycles. The predicted octanol–water partition coefficient (Wildman–Crippen LogP) is -0.634. The van der Waals surface area contributed by atoms with Crippen LogP contribution in [0.25, 0.3) is 0 Å². The number of phenolic OH excluding ortho intramolecular Hbond substituents is 2. The van der Waals surface area contributed by atoms with Crippen molar-refractivity contribution < 1.29 is 63.9 Å². The molecule has 0 aliphatic carbocycles. The van der Waals surface area contributed by atoms with E-state index < -0.39 is 61.5 Å². The summed E-state index contributed by atoms with van der Waals surface area (Å²) < 4.78 is 26.7. The van der Waals surface area contributed by atoms with Gasteiger partial charge in [-0.25, -0.2) is 4.79 Å². The number of hydrogen-bond donors (Lipinski definition) is 6. The highest BCUT2D eigenvalue weighted by Crippen LogP contribution is 2.36. The molecule has 0 aromatic heterocycles. The van der Waals surface area contributed by atoms with E-state index in [4.69, 9.17) is 23.7 Å². The van der Waals surface area contributed by atoms with Crippen molar-refractivity contribution in [3.05, 3.63) is 47.2 Å². The highest BCUT2D eigenvalue weighted by atomic mass is 16.8. The Balaban J connectivity index is 1.71. The number of esters is 2. The zero-order chi connectivity index (χ0) is 28.0. The van der Waals surface area contributed by atoms with Crippen LogP contribution in [0.15, 0.2) is 41.7 Å². The van der Waals surface area contributed by atoms with Gasteiger partial charge in [0.15, 0.2) is 17.8 Å². The van der Waals surface area contributed by atoms with Crippen molar-refractivity contribution in [1.29, 1.82) is 0 Å². The molecule has 13 heteroatoms. The first-order chi connectivity index (χ1) is 18.1. The van der Waals surface area contributed by atoms with E-state index in [0.717, 1.165) is 13.4 Å². The van der Waals surface area contributed by atoms with Gasteiger partial charge >= 0.3 is 11.9 Å². The summed E-state index contributed by atoms with van der Waals surface area (Å²) in [4.78, 5) is 25.1. The van der Waals surface area contributed by atoms with E-state index in [-0.39, 0.29) is 36.5 Å². The summed E-state index contributed by atoms with van der Waals surface area (Å²) in [5, 5.41) is 58.8. The molecule has 13 nitrogen and oxygen atoms in total. The van der Waals surface area contributed by atoms with Crippen LogP contribution in [0.1, 0.15) is 18.9 Å². The summed E-state index contributed by atoms with van der Waals surface area (Å²) in [5.41, 5.74) is 0.927. The lowest BCUT2D eigenvalue weighted by atomic mass is 9.86. The van der Waals surface area contributed by atoms with E-state index in [0.29, 0.717) is 11.1 Å². The molecule has 0 amide bonds. The van der Waals surface area contributed by atoms with Crippen molar-refractivity contribution in [3.63, 3.8) is 0 Å². The van der Waals surface area contributed by atoms with E-state index in [2.05, 4.69) is 0 Å². The number of carbonyl (C=O) groups excluding carboxylic acids is 2. The molecule has 0 bridgehead atoms. The number of benzene rings is 1. The average Bonchev–Trinajstić information content (AvgIpc) is 2.90. The van der Waals surface area contributed by atoms with Gasteiger partial charge in [0.05, 0.1) is 38.6 Å². The Morgan fingerprint density at radius 2 is 1.82 bits per heavy atom. The molecule has 3 rings (SSSR count). The number of phenols is 2. The smallest absolute Gasteiger partial charge is 0.337 e. The summed E-state index contributed by atoms with van der Waals surface area (Å²) in [7, 11) is 1.16. The number of hydrogen-bond acceptors (Lipinski definition) is 13. The van der Waals surface area contributed by atoms with Gasteiger partial charge in [0.25, 0.3) is 0 Å². The molecule has 2 aliphatic heterocycles. The molecule has 210 valence electrons. The summed E-state index contributed by atoms with van der Waals surface area (Å²) in [5.74, 6) is -2.89. The number of allylic oxidation sites excluding steroid dienone is 1. The lowest BCUT2D eigenvalue weighted by Crippen LogP contribution is -2.60. The molecule has 2 heterocycles. The number of carbonyl (C=O) groups is 2. The number of aliphatic hydroxyl groups is 4. The van der Waals surface area contributed by atoms with Gasteiger partial charge in [-0.15, -0.1) is 0 Å². The monoisotopic (exact) mass is 540 g/mol. The number of rotatable bonds is 9. The Labute approximate surface area is 218 Å². The molecule has 0 spiro atoms. The number of ether oxygens (including phenoxy) is 5. The number of methoxy groups -OCH3 is 1. The van der Waals surface area contributed by atoms with Gasteiger partial charge in [-0.05, 0) is 24.6 Å². The molecule has 0 unspecified atom stereocenters. The second-order valence-corrected chi connectivity index (χ2v) is 8.71. The second kappa shape index (κ2) is 13.0. The van der Waals surface area contributed by atoms with Crippen molar-refractivity contribution in [2.75, 3.05) is 20.3 Å². The van der Waals surface area contributed by atoms with E-state index in [1.165, 1.54) is 12.1 Å². The molecular weight excluding hydrogens is 508 g/mol. The van der Waals surface area contributed by atoms with Gasteiger partial charge in [-0.2, -0.15) is 0 Å². The lowest BCUT2D eigenvalue weighted by Gasteiger charge is -2.41. The first-order valence-corrected chi connectivity index (χ1v) is 11.8. The van der Waals surface area contributed by atoms with Gasteiger partial charge in [-0.3, -0.25) is 4.79 Å². The van der Waals surface area contributed by atoms with Gasteiger partial charge in [0.1, 0.15) is 24.4 Å². The first kappa shape index (κ1) is 29.4. The third-order valence-corrected chi connectivity index (χ3v) is 6.29. The molecule has 7 atom stereocenters. The van der Waals surface area contributed by atoms with Crippen LogP contribution in [-0.2, 0) is 39.7 Å². The van der Waals surface area contributed by atoms with Gasteiger partial charge in [0, 0.05) is 17.9 Å². The molecule has 1 aromatic rings. The van der Waals surface area contributed by atoms with Crippen LogP contribution in [-0.4, -0.2) is 99.9 Å². The fourth-order valence-electron chi connectivity index (χ4n) is 4.16. The molecule has 6 N–H and O–H groups in total. The molecule has 38 heavy (non-hydrogen) atoms. The molecule has 1 fully saturated rings. The van der Waals surface area contributed by atoms with Gasteiger partial charge in [0.2, 0.25) is 6.29 Å². The second-order valence-electron chi connectivity index (χ2n) is 8.71. The van der Waals surface area contributed by atoms with Crippen LogP contribution >= 0.6 is 0 Å². The van der Waals surface area contributed by atoms with Crippen LogP contribution < -0.4 is 0 Å². The number of aromatic hydroxyl groups is 2. The Bertz CT molecular complexity index is 1050. The average molecular weight is 541 g/mol. The van der Waals surface area contributed by atoms with Gasteiger partial charge in [-0.1, -0.05) is 12.1 Å². The van der Waals surface area contributed by atoms with Crippen LogP contribution in [0.2, 0.25) is 0 Å². The maximum absolute atomic E-state index is 12.7. The summed E-state index contributed by atoms with van der Waals surface area (Å²) in [6.07, 6.45) is -6.39. The normalized spacial score (nSPS) is 30.3. The minimum absolute atomic E-state index is 0.00894. The molecule has 1 saturated heterocycles. The molecule has 0 saturated carbocycles. The van der Waals surface area contributed by atoms with E-state index >= 15 is 0 Å². The molecule has 2 aliphatic rings. The zero-order valence-electron chi connectivity index (χ0n) is 20.8. The van der Waals surface area contributed by atoms with Crippen molar-refractivity contribution >= 4 is 11.9 Å². The van der Waals surface area contributed by atoms with Crippen LogP contribution in [0.3, 0.4) is 0 Å². The standard InChI is InChI=1S/C25H32O13/c1-3-13-14(9-19(29)35-7-6-12-4-5-16(27)17(28)8-12)15(23(33)34-2)11-36-24(13)38-25-22(32)21(31)20(30)18(10-26)37-25/h3-5,8,11,14,18,20-22,24-28,30-32H,6-7,9-10H2,1-2H3/b13-3-/t14-,18+,20+,21+,22+,24-,25-/m0/s1. The Morgan fingerprint density at radius 1 is 1.08 bits per heavy atom. The fourth-order valence-corrected chi connectivity index (χ4v) is 4.16. The Kier molecular flexibility index (Phi) is 10.1. The SMILES string of the molecule is C/C=C1\[C@H](O[C@@H]2O[C@H](CO)[C@@H](O)[C@@H](O)[C@H]2O)OC=C(C(=O)OC)[C@H]1CC(=O)OCCc1ccc(O)c(O)c1. The largest absolute Gasteiger partial charge is 0.504 e. The Hall–Kier alpha value is -3.20. The van der Waals surface area contributed by atoms with Crippen LogP contribution in [0.5, 0.6) is 11.5 Å².